The lowest BCUT2D eigenvalue weighted by molar-refractivity contribution is -0.119. The molecule has 152 valence electrons. The predicted molar refractivity (Wildman–Crippen MR) is 107 cm³/mol. The van der Waals surface area contributed by atoms with Crippen molar-refractivity contribution in [3.8, 4) is 11.5 Å². The highest BCUT2D eigenvalue weighted by Gasteiger charge is 2.13. The van der Waals surface area contributed by atoms with Crippen LogP contribution in [-0.2, 0) is 10.5 Å². The van der Waals surface area contributed by atoms with Crippen LogP contribution in [0.25, 0.3) is 0 Å². The molecule has 1 heterocycles. The Bertz CT molecular complexity index is 802. The molecule has 0 unspecified atom stereocenters. The minimum atomic E-state index is -0.440. The second kappa shape index (κ2) is 10.6. The van der Waals surface area contributed by atoms with Crippen molar-refractivity contribution in [2.75, 3.05) is 19.5 Å². The lowest BCUT2D eigenvalue weighted by atomic mass is 10.2. The molecule has 0 fully saturated rings. The van der Waals surface area contributed by atoms with Crippen molar-refractivity contribution in [2.45, 2.75) is 32.9 Å². The van der Waals surface area contributed by atoms with Gasteiger partial charge in [0.2, 0.25) is 5.91 Å². The summed E-state index contributed by atoms with van der Waals surface area (Å²) in [5.41, 5.74) is 6.96. The normalized spacial score (nSPS) is 10.4. The summed E-state index contributed by atoms with van der Waals surface area (Å²) < 4.78 is 15.9. The zero-order valence-corrected chi connectivity index (χ0v) is 17.3. The fraction of sp³-hybridized carbons (Fsp3) is 0.421. The molecule has 0 aliphatic heterocycles. The smallest absolute Gasteiger partial charge is 0.269 e. The van der Waals surface area contributed by atoms with Gasteiger partial charge in [0.1, 0.15) is 5.76 Å². The second-order valence-electron chi connectivity index (χ2n) is 6.01. The van der Waals surface area contributed by atoms with Crippen LogP contribution in [0.4, 0.5) is 0 Å². The molecule has 2 N–H and O–H groups in total. The number of aryl methyl sites for hydroxylation is 2. The van der Waals surface area contributed by atoms with E-state index in [0.717, 1.165) is 23.4 Å². The fourth-order valence-electron chi connectivity index (χ4n) is 2.33. The number of nitrogens with one attached hydrogen (secondary N) is 2. The van der Waals surface area contributed by atoms with Crippen molar-refractivity contribution >= 4 is 23.6 Å². The maximum atomic E-state index is 12.2. The van der Waals surface area contributed by atoms with Gasteiger partial charge in [-0.15, -0.1) is 11.8 Å². The van der Waals surface area contributed by atoms with Crippen LogP contribution in [-0.4, -0.2) is 36.4 Å². The number of rotatable bonds is 9. The molecule has 9 heteroatoms. The van der Waals surface area contributed by atoms with E-state index in [2.05, 4.69) is 16.0 Å². The first-order chi connectivity index (χ1) is 13.5. The molecule has 0 radical (unpaired) electrons. The summed E-state index contributed by atoms with van der Waals surface area (Å²) in [5.74, 6) is 1.84. The molecule has 0 aliphatic carbocycles. The summed E-state index contributed by atoms with van der Waals surface area (Å²) in [7, 11) is 1.51. The molecule has 8 nitrogen and oxygen atoms in total. The highest BCUT2D eigenvalue weighted by Crippen LogP contribution is 2.28. The molecule has 28 heavy (non-hydrogen) atoms. The van der Waals surface area contributed by atoms with E-state index in [1.807, 2.05) is 20.8 Å². The molecule has 1 aromatic heterocycles. The number of carbonyl (C=O) groups excluding carboxylic acids is 2. The maximum absolute atomic E-state index is 12.2. The lowest BCUT2D eigenvalue weighted by Crippen LogP contribution is -2.42. The van der Waals surface area contributed by atoms with Gasteiger partial charge in [-0.3, -0.25) is 20.4 Å². The molecule has 0 atom stereocenters. The van der Waals surface area contributed by atoms with Crippen LogP contribution in [0, 0.1) is 13.8 Å². The van der Waals surface area contributed by atoms with Gasteiger partial charge in [-0.2, -0.15) is 0 Å². The fourth-order valence-corrected chi connectivity index (χ4v) is 3.30. The van der Waals surface area contributed by atoms with Gasteiger partial charge in [0, 0.05) is 16.9 Å². The monoisotopic (exact) mass is 407 g/mol. The topological polar surface area (TPSA) is 103 Å². The zero-order chi connectivity index (χ0) is 20.5. The zero-order valence-electron chi connectivity index (χ0n) is 16.5. The SMILES string of the molecule is CCCOc1ccc(C(=O)NNC(=O)CSCc2c(C)noc2C)cc1OC. The number of thioether (sulfide) groups is 1. The number of methoxy groups -OCH3 is 1. The number of aromatic nitrogens is 1. The van der Waals surface area contributed by atoms with Crippen LogP contribution in [0.5, 0.6) is 11.5 Å². The molecular weight excluding hydrogens is 382 g/mol. The average Bonchev–Trinajstić information content (AvgIpc) is 3.02. The van der Waals surface area contributed by atoms with Gasteiger partial charge in [0.25, 0.3) is 5.91 Å². The Morgan fingerprint density at radius 2 is 2.00 bits per heavy atom. The van der Waals surface area contributed by atoms with E-state index in [1.165, 1.54) is 18.9 Å². The minimum Gasteiger partial charge on any atom is -0.493 e. The third-order valence-electron chi connectivity index (χ3n) is 3.86. The van der Waals surface area contributed by atoms with E-state index in [9.17, 15) is 9.59 Å². The van der Waals surface area contributed by atoms with E-state index >= 15 is 0 Å². The van der Waals surface area contributed by atoms with Crippen LogP contribution in [0.15, 0.2) is 22.7 Å². The van der Waals surface area contributed by atoms with E-state index in [0.29, 0.717) is 29.4 Å². The largest absolute Gasteiger partial charge is 0.493 e. The van der Waals surface area contributed by atoms with E-state index in [-0.39, 0.29) is 11.7 Å². The summed E-state index contributed by atoms with van der Waals surface area (Å²) in [6.45, 7) is 6.26. The van der Waals surface area contributed by atoms with E-state index in [4.69, 9.17) is 14.0 Å². The first kappa shape index (κ1) is 21.6. The van der Waals surface area contributed by atoms with Crippen molar-refractivity contribution in [1.82, 2.24) is 16.0 Å². The summed E-state index contributed by atoms with van der Waals surface area (Å²) in [6.07, 6.45) is 0.867. The number of hydrogen-bond donors (Lipinski definition) is 2. The van der Waals surface area contributed by atoms with Crippen LogP contribution in [0.1, 0.15) is 40.7 Å². The summed E-state index contributed by atoms with van der Waals surface area (Å²) in [4.78, 5) is 24.2. The van der Waals surface area contributed by atoms with Gasteiger partial charge < -0.3 is 14.0 Å². The molecule has 0 bridgehead atoms. The van der Waals surface area contributed by atoms with Crippen LogP contribution >= 0.6 is 11.8 Å². The van der Waals surface area contributed by atoms with Gasteiger partial charge in [-0.05, 0) is 38.5 Å². The van der Waals surface area contributed by atoms with Crippen molar-refractivity contribution in [1.29, 1.82) is 0 Å². The molecule has 0 saturated carbocycles. The Labute approximate surface area is 168 Å². The van der Waals surface area contributed by atoms with Gasteiger partial charge >= 0.3 is 0 Å². The highest BCUT2D eigenvalue weighted by molar-refractivity contribution is 7.99. The molecule has 0 spiro atoms. The minimum absolute atomic E-state index is 0.192. The Hall–Kier alpha value is -2.68. The number of carbonyl (C=O) groups is 2. The number of hydrogen-bond acceptors (Lipinski definition) is 7. The van der Waals surface area contributed by atoms with Gasteiger partial charge in [0.15, 0.2) is 11.5 Å². The quantitative estimate of drug-likeness (QED) is 0.616. The Morgan fingerprint density at radius 3 is 2.64 bits per heavy atom. The number of hydrazine groups is 1. The lowest BCUT2D eigenvalue weighted by Gasteiger charge is -2.12. The average molecular weight is 407 g/mol. The molecule has 0 saturated heterocycles. The summed E-state index contributed by atoms with van der Waals surface area (Å²) in [6, 6.07) is 4.85. The predicted octanol–water partition coefficient (Wildman–Crippen LogP) is 2.78. The summed E-state index contributed by atoms with van der Waals surface area (Å²) >= 11 is 1.41. The van der Waals surface area contributed by atoms with Crippen molar-refractivity contribution in [2.24, 2.45) is 0 Å². The molecule has 0 aliphatic rings. The van der Waals surface area contributed by atoms with Crippen molar-refractivity contribution < 1.29 is 23.6 Å². The molecular formula is C19H25N3O5S. The first-order valence-corrected chi connectivity index (χ1v) is 10.0. The standard InChI is InChI=1S/C19H25N3O5S/c1-5-8-26-16-7-6-14(9-17(16)25-4)19(24)21-20-18(23)11-28-10-15-12(2)22-27-13(15)3/h6-7,9H,5,8,10-11H2,1-4H3,(H,20,23)(H,21,24). The molecule has 2 amide bonds. The van der Waals surface area contributed by atoms with Crippen molar-refractivity contribution in [3.05, 3.63) is 40.8 Å². The molecule has 2 rings (SSSR count). The number of nitrogens with zero attached hydrogens (tertiary/aromatic N) is 1. The van der Waals surface area contributed by atoms with Crippen LogP contribution < -0.4 is 20.3 Å². The highest BCUT2D eigenvalue weighted by atomic mass is 32.2. The second-order valence-corrected chi connectivity index (χ2v) is 7.00. The third-order valence-corrected chi connectivity index (χ3v) is 4.82. The number of benzene rings is 1. The number of ether oxygens (including phenoxy) is 2. The van der Waals surface area contributed by atoms with E-state index < -0.39 is 5.91 Å². The van der Waals surface area contributed by atoms with Gasteiger partial charge in [0.05, 0.1) is 25.2 Å². The maximum Gasteiger partial charge on any atom is 0.269 e. The third kappa shape index (κ3) is 5.91. The Balaban J connectivity index is 1.81. The molecule has 2 aromatic rings. The summed E-state index contributed by atoms with van der Waals surface area (Å²) in [5, 5.41) is 3.88. The Kier molecular flexibility index (Phi) is 8.19. The van der Waals surface area contributed by atoms with Crippen LogP contribution in [0.2, 0.25) is 0 Å². The Morgan fingerprint density at radius 1 is 1.21 bits per heavy atom. The van der Waals surface area contributed by atoms with Gasteiger partial charge in [-0.25, -0.2) is 0 Å². The number of amides is 2. The first-order valence-electron chi connectivity index (χ1n) is 8.85. The van der Waals surface area contributed by atoms with Crippen molar-refractivity contribution in [3.63, 3.8) is 0 Å². The molecule has 1 aromatic carbocycles. The van der Waals surface area contributed by atoms with Gasteiger partial charge in [-0.1, -0.05) is 12.1 Å². The van der Waals surface area contributed by atoms with E-state index in [1.54, 1.807) is 18.2 Å². The van der Waals surface area contributed by atoms with Crippen LogP contribution in [0.3, 0.4) is 0 Å².